The molecule has 4 nitrogen and oxygen atoms in total. The van der Waals surface area contributed by atoms with Gasteiger partial charge in [-0.25, -0.2) is 9.97 Å². The number of rotatable bonds is 4. The van der Waals surface area contributed by atoms with Crippen molar-refractivity contribution in [3.63, 3.8) is 0 Å². The fourth-order valence-electron chi connectivity index (χ4n) is 2.23. The maximum atomic E-state index is 12.1. The van der Waals surface area contributed by atoms with Crippen LogP contribution in [-0.4, -0.2) is 15.9 Å². The summed E-state index contributed by atoms with van der Waals surface area (Å²) in [7, 11) is 0. The van der Waals surface area contributed by atoms with Crippen molar-refractivity contribution in [3.8, 4) is 0 Å². The Hall–Kier alpha value is -1.94. The molecule has 22 heavy (non-hydrogen) atoms. The molecule has 1 aromatic heterocycles. The summed E-state index contributed by atoms with van der Waals surface area (Å²) in [4.78, 5) is 20.5. The van der Waals surface area contributed by atoms with Gasteiger partial charge in [-0.1, -0.05) is 50.6 Å². The summed E-state index contributed by atoms with van der Waals surface area (Å²) < 4.78 is 0. The second kappa shape index (κ2) is 6.88. The third-order valence-corrected chi connectivity index (χ3v) is 3.65. The molecule has 1 amide bonds. The summed E-state index contributed by atoms with van der Waals surface area (Å²) in [6, 6.07) is 7.36. The highest BCUT2D eigenvalue weighted by atomic mass is 35.5. The standard InChI is InChI=1S/C17H20ClN3O/c1-17(2,3)16-13(9-19-11-21-16)10-20-15(22)8-12-6-4-5-7-14(12)18/h4-7,9,11H,8,10H2,1-3H3,(H,20,22). The molecule has 0 fully saturated rings. The molecule has 116 valence electrons. The molecule has 0 spiro atoms. The van der Waals surface area contributed by atoms with Crippen molar-refractivity contribution in [1.82, 2.24) is 15.3 Å². The summed E-state index contributed by atoms with van der Waals surface area (Å²) in [5.74, 6) is -0.0724. The van der Waals surface area contributed by atoms with Crippen LogP contribution < -0.4 is 5.32 Å². The summed E-state index contributed by atoms with van der Waals surface area (Å²) in [5.41, 5.74) is 2.61. The molecule has 0 saturated carbocycles. The van der Waals surface area contributed by atoms with E-state index in [2.05, 4.69) is 36.1 Å². The van der Waals surface area contributed by atoms with Gasteiger partial charge in [0.1, 0.15) is 6.33 Å². The number of halogens is 1. The van der Waals surface area contributed by atoms with E-state index in [0.717, 1.165) is 16.8 Å². The number of benzene rings is 1. The fraction of sp³-hybridized carbons (Fsp3) is 0.353. The Kier molecular flexibility index (Phi) is 5.14. The molecule has 0 saturated heterocycles. The van der Waals surface area contributed by atoms with Crippen LogP contribution in [-0.2, 0) is 23.2 Å². The third-order valence-electron chi connectivity index (χ3n) is 3.28. The van der Waals surface area contributed by atoms with Crippen molar-refractivity contribution in [3.05, 3.63) is 58.6 Å². The number of amides is 1. The normalized spacial score (nSPS) is 11.3. The van der Waals surface area contributed by atoms with Crippen molar-refractivity contribution in [1.29, 1.82) is 0 Å². The van der Waals surface area contributed by atoms with E-state index in [1.54, 1.807) is 12.3 Å². The number of aromatic nitrogens is 2. The molecule has 2 rings (SSSR count). The van der Waals surface area contributed by atoms with Gasteiger partial charge in [-0.15, -0.1) is 0 Å². The number of hydrogen-bond donors (Lipinski definition) is 1. The van der Waals surface area contributed by atoms with E-state index in [1.807, 2.05) is 18.2 Å². The third kappa shape index (κ3) is 4.28. The monoisotopic (exact) mass is 317 g/mol. The lowest BCUT2D eigenvalue weighted by molar-refractivity contribution is -0.120. The molecule has 1 heterocycles. The van der Waals surface area contributed by atoms with E-state index in [9.17, 15) is 4.79 Å². The van der Waals surface area contributed by atoms with Crippen LogP contribution >= 0.6 is 11.6 Å². The van der Waals surface area contributed by atoms with Gasteiger partial charge >= 0.3 is 0 Å². The molecular formula is C17H20ClN3O. The molecule has 0 unspecified atom stereocenters. The summed E-state index contributed by atoms with van der Waals surface area (Å²) in [5, 5.41) is 3.52. The van der Waals surface area contributed by atoms with Crippen LogP contribution in [0, 0.1) is 0 Å². The van der Waals surface area contributed by atoms with E-state index < -0.39 is 0 Å². The first-order valence-electron chi connectivity index (χ1n) is 7.17. The Bertz CT molecular complexity index is 665. The van der Waals surface area contributed by atoms with Gasteiger partial charge in [0.25, 0.3) is 0 Å². The molecule has 0 aliphatic rings. The second-order valence-corrected chi connectivity index (χ2v) is 6.60. The SMILES string of the molecule is CC(C)(C)c1ncncc1CNC(=O)Cc1ccccc1Cl. The lowest BCUT2D eigenvalue weighted by atomic mass is 9.89. The molecule has 5 heteroatoms. The van der Waals surface area contributed by atoms with Crippen LogP contribution in [0.25, 0.3) is 0 Å². The number of carbonyl (C=O) groups excluding carboxylic acids is 1. The van der Waals surface area contributed by atoms with Gasteiger partial charge < -0.3 is 5.32 Å². The van der Waals surface area contributed by atoms with E-state index >= 15 is 0 Å². The van der Waals surface area contributed by atoms with Crippen molar-refractivity contribution in [2.45, 2.75) is 39.2 Å². The highest BCUT2D eigenvalue weighted by Gasteiger charge is 2.19. The highest BCUT2D eigenvalue weighted by molar-refractivity contribution is 6.31. The van der Waals surface area contributed by atoms with E-state index in [-0.39, 0.29) is 17.7 Å². The molecule has 0 bridgehead atoms. The maximum absolute atomic E-state index is 12.1. The molecule has 0 atom stereocenters. The van der Waals surface area contributed by atoms with Crippen molar-refractivity contribution in [2.24, 2.45) is 0 Å². The zero-order valence-electron chi connectivity index (χ0n) is 13.1. The van der Waals surface area contributed by atoms with Crippen LogP contribution in [0.1, 0.15) is 37.6 Å². The topological polar surface area (TPSA) is 54.9 Å². The largest absolute Gasteiger partial charge is 0.352 e. The number of hydrogen-bond acceptors (Lipinski definition) is 3. The average molecular weight is 318 g/mol. The predicted octanol–water partition coefficient (Wildman–Crippen LogP) is 3.29. The van der Waals surface area contributed by atoms with Gasteiger partial charge in [-0.3, -0.25) is 4.79 Å². The molecule has 0 aliphatic heterocycles. The minimum absolute atomic E-state index is 0.0724. The number of nitrogens with one attached hydrogen (secondary N) is 1. The van der Waals surface area contributed by atoms with Crippen molar-refractivity contribution < 1.29 is 4.79 Å². The molecule has 0 aliphatic carbocycles. The average Bonchev–Trinajstić information content (AvgIpc) is 2.47. The van der Waals surface area contributed by atoms with E-state index in [1.165, 1.54) is 6.33 Å². The van der Waals surface area contributed by atoms with Gasteiger partial charge in [0.2, 0.25) is 5.91 Å². The Balaban J connectivity index is 2.02. The summed E-state index contributed by atoms with van der Waals surface area (Å²) in [6.45, 7) is 6.68. The first-order chi connectivity index (χ1) is 10.4. The first kappa shape index (κ1) is 16.4. The van der Waals surface area contributed by atoms with Gasteiger partial charge in [0.05, 0.1) is 12.1 Å². The Morgan fingerprint density at radius 3 is 2.64 bits per heavy atom. The molecule has 2 aromatic rings. The summed E-state index contributed by atoms with van der Waals surface area (Å²) in [6.07, 6.45) is 3.55. The van der Waals surface area contributed by atoms with Crippen LogP contribution in [0.4, 0.5) is 0 Å². The van der Waals surface area contributed by atoms with E-state index in [4.69, 9.17) is 11.6 Å². The van der Waals surface area contributed by atoms with Gasteiger partial charge in [0, 0.05) is 28.7 Å². The van der Waals surface area contributed by atoms with Crippen LogP contribution in [0.15, 0.2) is 36.8 Å². The van der Waals surface area contributed by atoms with Crippen LogP contribution in [0.5, 0.6) is 0 Å². The van der Waals surface area contributed by atoms with Crippen LogP contribution in [0.2, 0.25) is 5.02 Å². The second-order valence-electron chi connectivity index (χ2n) is 6.19. The Morgan fingerprint density at radius 1 is 1.23 bits per heavy atom. The van der Waals surface area contributed by atoms with Crippen molar-refractivity contribution in [2.75, 3.05) is 0 Å². The lowest BCUT2D eigenvalue weighted by Crippen LogP contribution is -2.27. The zero-order valence-corrected chi connectivity index (χ0v) is 13.8. The highest BCUT2D eigenvalue weighted by Crippen LogP contribution is 2.22. The number of carbonyl (C=O) groups is 1. The fourth-order valence-corrected chi connectivity index (χ4v) is 2.44. The summed E-state index contributed by atoms with van der Waals surface area (Å²) >= 11 is 6.07. The minimum atomic E-state index is -0.0915. The molecule has 1 aromatic carbocycles. The first-order valence-corrected chi connectivity index (χ1v) is 7.55. The van der Waals surface area contributed by atoms with Gasteiger partial charge in [-0.2, -0.15) is 0 Å². The minimum Gasteiger partial charge on any atom is -0.352 e. The Morgan fingerprint density at radius 2 is 1.95 bits per heavy atom. The molecular weight excluding hydrogens is 298 g/mol. The number of nitrogens with zero attached hydrogens (tertiary/aromatic N) is 2. The smallest absolute Gasteiger partial charge is 0.224 e. The van der Waals surface area contributed by atoms with Crippen LogP contribution in [0.3, 0.4) is 0 Å². The Labute approximate surface area is 135 Å². The maximum Gasteiger partial charge on any atom is 0.224 e. The van der Waals surface area contributed by atoms with Gasteiger partial charge in [0.15, 0.2) is 0 Å². The van der Waals surface area contributed by atoms with Gasteiger partial charge in [-0.05, 0) is 11.6 Å². The predicted molar refractivity (Wildman–Crippen MR) is 87.7 cm³/mol. The zero-order chi connectivity index (χ0) is 16.2. The lowest BCUT2D eigenvalue weighted by Gasteiger charge is -2.21. The van der Waals surface area contributed by atoms with E-state index in [0.29, 0.717) is 11.6 Å². The molecule has 0 radical (unpaired) electrons. The molecule has 1 N–H and O–H groups in total. The quantitative estimate of drug-likeness (QED) is 0.941. The van der Waals surface area contributed by atoms with Crippen molar-refractivity contribution >= 4 is 17.5 Å².